The number of Topliss-reactive ketones (excluding diaryl/α,β-unsaturated/α-hetero) is 1. The number of carbonyl (C=O) groups is 1. The molecule has 140 valence electrons. The van der Waals surface area contributed by atoms with Crippen LogP contribution in [0.25, 0.3) is 0 Å². The summed E-state index contributed by atoms with van der Waals surface area (Å²) in [6.07, 6.45) is 1.16. The summed E-state index contributed by atoms with van der Waals surface area (Å²) in [5, 5.41) is 1.89. The average Bonchev–Trinajstić information content (AvgIpc) is 3.16. The predicted octanol–water partition coefficient (Wildman–Crippen LogP) is 3.82. The number of sulfonamides is 1. The molecule has 0 spiro atoms. The van der Waals surface area contributed by atoms with Crippen molar-refractivity contribution in [2.75, 3.05) is 13.1 Å². The van der Waals surface area contributed by atoms with Gasteiger partial charge in [0.2, 0.25) is 10.0 Å². The molecule has 2 aromatic rings. The molecule has 0 N–H and O–H groups in total. The highest BCUT2D eigenvalue weighted by molar-refractivity contribution is 7.89. The largest absolute Gasteiger partial charge is 0.491 e. The van der Waals surface area contributed by atoms with Crippen molar-refractivity contribution >= 4 is 27.1 Å². The highest BCUT2D eigenvalue weighted by Crippen LogP contribution is 2.28. The van der Waals surface area contributed by atoms with Crippen LogP contribution >= 0.6 is 11.3 Å². The monoisotopic (exact) mass is 393 g/mol. The van der Waals surface area contributed by atoms with E-state index < -0.39 is 10.0 Å². The summed E-state index contributed by atoms with van der Waals surface area (Å²) in [4.78, 5) is 13.5. The molecule has 0 bridgehead atoms. The maximum absolute atomic E-state index is 12.8. The lowest BCUT2D eigenvalue weighted by atomic mass is 9.93. The fourth-order valence-corrected chi connectivity index (χ4v) is 5.30. The fraction of sp³-hybridized carbons (Fsp3) is 0.421. The molecule has 2 heterocycles. The molecule has 1 aromatic heterocycles. The van der Waals surface area contributed by atoms with Crippen molar-refractivity contribution in [3.8, 4) is 5.75 Å². The van der Waals surface area contributed by atoms with Gasteiger partial charge in [0.15, 0.2) is 5.78 Å². The van der Waals surface area contributed by atoms with Gasteiger partial charge >= 0.3 is 0 Å². The van der Waals surface area contributed by atoms with Gasteiger partial charge in [0.05, 0.1) is 15.9 Å². The lowest BCUT2D eigenvalue weighted by molar-refractivity contribution is 0.0879. The van der Waals surface area contributed by atoms with E-state index in [1.807, 2.05) is 31.4 Å². The summed E-state index contributed by atoms with van der Waals surface area (Å²) in [5.74, 6) is 0.688. The van der Waals surface area contributed by atoms with E-state index in [9.17, 15) is 13.2 Å². The van der Waals surface area contributed by atoms with Gasteiger partial charge in [-0.05, 0) is 62.4 Å². The summed E-state index contributed by atoms with van der Waals surface area (Å²) in [6.45, 7) is 4.58. The quantitative estimate of drug-likeness (QED) is 0.700. The number of carbonyl (C=O) groups excluding carboxylic acids is 1. The van der Waals surface area contributed by atoms with Crippen LogP contribution in [0.4, 0.5) is 0 Å². The van der Waals surface area contributed by atoms with Crippen molar-refractivity contribution in [2.24, 2.45) is 5.92 Å². The standard InChI is InChI=1S/C19H23NO4S2/c1-14(2)24-16-5-7-17(8-6-16)26(22,23)20-11-9-15(10-12-20)19(21)18-4-3-13-25-18/h3-8,13-15H,9-12H2,1-2H3. The molecule has 5 nitrogen and oxygen atoms in total. The number of thiophene rings is 1. The second-order valence-corrected chi connectivity index (χ2v) is 9.54. The van der Waals surface area contributed by atoms with Crippen LogP contribution in [0.1, 0.15) is 36.4 Å². The number of piperidine rings is 1. The Morgan fingerprint density at radius 3 is 2.35 bits per heavy atom. The van der Waals surface area contributed by atoms with Crippen molar-refractivity contribution in [1.29, 1.82) is 0 Å². The molecule has 0 aliphatic carbocycles. The summed E-state index contributed by atoms with van der Waals surface area (Å²) < 4.78 is 32.7. The maximum Gasteiger partial charge on any atom is 0.243 e. The lowest BCUT2D eigenvalue weighted by Gasteiger charge is -2.30. The zero-order chi connectivity index (χ0) is 18.7. The molecule has 26 heavy (non-hydrogen) atoms. The lowest BCUT2D eigenvalue weighted by Crippen LogP contribution is -2.40. The third-order valence-electron chi connectivity index (χ3n) is 4.42. The molecule has 0 unspecified atom stereocenters. The Morgan fingerprint density at radius 2 is 1.81 bits per heavy atom. The summed E-state index contributed by atoms with van der Waals surface area (Å²) >= 11 is 1.44. The molecule has 1 aliphatic heterocycles. The van der Waals surface area contributed by atoms with Crippen LogP contribution in [-0.4, -0.2) is 37.7 Å². The van der Waals surface area contributed by atoms with Crippen LogP contribution in [0.15, 0.2) is 46.7 Å². The van der Waals surface area contributed by atoms with E-state index in [0.29, 0.717) is 31.7 Å². The molecule has 1 saturated heterocycles. The Morgan fingerprint density at radius 1 is 1.15 bits per heavy atom. The third kappa shape index (κ3) is 4.16. The van der Waals surface area contributed by atoms with Gasteiger partial charge in [-0.15, -0.1) is 11.3 Å². The van der Waals surface area contributed by atoms with E-state index >= 15 is 0 Å². The van der Waals surface area contributed by atoms with Gasteiger partial charge in [0, 0.05) is 19.0 Å². The Balaban J connectivity index is 1.65. The molecule has 1 aliphatic rings. The Bertz CT molecular complexity index is 834. The predicted molar refractivity (Wildman–Crippen MR) is 102 cm³/mol. The second kappa shape index (κ2) is 7.90. The van der Waals surface area contributed by atoms with E-state index in [-0.39, 0.29) is 22.7 Å². The van der Waals surface area contributed by atoms with Crippen molar-refractivity contribution in [3.05, 3.63) is 46.7 Å². The molecular weight excluding hydrogens is 370 g/mol. The summed E-state index contributed by atoms with van der Waals surface area (Å²) in [5.41, 5.74) is 0. The van der Waals surface area contributed by atoms with Gasteiger partial charge in [-0.3, -0.25) is 4.79 Å². The van der Waals surface area contributed by atoms with Gasteiger partial charge in [-0.2, -0.15) is 4.31 Å². The van der Waals surface area contributed by atoms with E-state index in [2.05, 4.69) is 0 Å². The van der Waals surface area contributed by atoms with Crippen LogP contribution in [0, 0.1) is 5.92 Å². The minimum atomic E-state index is -3.54. The number of hydrogen-bond donors (Lipinski definition) is 0. The number of ether oxygens (including phenoxy) is 1. The smallest absolute Gasteiger partial charge is 0.243 e. The molecule has 7 heteroatoms. The third-order valence-corrected chi connectivity index (χ3v) is 7.22. The Hall–Kier alpha value is -1.70. The van der Waals surface area contributed by atoms with Gasteiger partial charge in [-0.25, -0.2) is 8.42 Å². The number of benzene rings is 1. The molecule has 0 radical (unpaired) electrons. The summed E-state index contributed by atoms with van der Waals surface area (Å²) in [7, 11) is -3.54. The maximum atomic E-state index is 12.8. The van der Waals surface area contributed by atoms with Gasteiger partial charge in [0.25, 0.3) is 0 Å². The molecule has 1 fully saturated rings. The van der Waals surface area contributed by atoms with Crippen LogP contribution in [-0.2, 0) is 10.0 Å². The van der Waals surface area contributed by atoms with E-state index in [1.165, 1.54) is 15.6 Å². The van der Waals surface area contributed by atoms with Crippen LogP contribution < -0.4 is 4.74 Å². The van der Waals surface area contributed by atoms with E-state index in [0.717, 1.165) is 4.88 Å². The van der Waals surface area contributed by atoms with Gasteiger partial charge in [0.1, 0.15) is 5.75 Å². The van der Waals surface area contributed by atoms with Gasteiger partial charge in [-0.1, -0.05) is 6.07 Å². The molecule has 0 saturated carbocycles. The first-order valence-corrected chi connectivity index (χ1v) is 11.0. The minimum absolute atomic E-state index is 0.0392. The van der Waals surface area contributed by atoms with Gasteiger partial charge < -0.3 is 4.74 Å². The number of ketones is 1. The first-order chi connectivity index (χ1) is 12.4. The normalized spacial score (nSPS) is 16.7. The molecular formula is C19H23NO4S2. The first kappa shape index (κ1) is 19.1. The van der Waals surface area contributed by atoms with Crippen molar-refractivity contribution < 1.29 is 17.9 Å². The zero-order valence-corrected chi connectivity index (χ0v) is 16.6. The van der Waals surface area contributed by atoms with E-state index in [1.54, 1.807) is 24.3 Å². The van der Waals surface area contributed by atoms with Crippen LogP contribution in [0.5, 0.6) is 5.75 Å². The van der Waals surface area contributed by atoms with Crippen molar-refractivity contribution in [3.63, 3.8) is 0 Å². The highest BCUT2D eigenvalue weighted by Gasteiger charge is 2.32. The number of rotatable bonds is 6. The van der Waals surface area contributed by atoms with Crippen molar-refractivity contribution in [2.45, 2.75) is 37.7 Å². The zero-order valence-electron chi connectivity index (χ0n) is 14.9. The molecule has 0 amide bonds. The second-order valence-electron chi connectivity index (χ2n) is 6.66. The summed E-state index contributed by atoms with van der Waals surface area (Å²) in [6, 6.07) is 10.2. The number of hydrogen-bond acceptors (Lipinski definition) is 5. The minimum Gasteiger partial charge on any atom is -0.491 e. The average molecular weight is 394 g/mol. The Kier molecular flexibility index (Phi) is 5.79. The van der Waals surface area contributed by atoms with Crippen molar-refractivity contribution in [1.82, 2.24) is 4.31 Å². The van der Waals surface area contributed by atoms with Crippen LogP contribution in [0.3, 0.4) is 0 Å². The SMILES string of the molecule is CC(C)Oc1ccc(S(=O)(=O)N2CCC(C(=O)c3cccs3)CC2)cc1. The topological polar surface area (TPSA) is 63.7 Å². The van der Waals surface area contributed by atoms with Crippen LogP contribution in [0.2, 0.25) is 0 Å². The molecule has 0 atom stereocenters. The molecule has 3 rings (SSSR count). The number of nitrogens with zero attached hydrogens (tertiary/aromatic N) is 1. The van der Waals surface area contributed by atoms with E-state index in [4.69, 9.17) is 4.74 Å². The first-order valence-electron chi connectivity index (χ1n) is 8.72. The fourth-order valence-electron chi connectivity index (χ4n) is 3.09. The Labute approximate surface area is 158 Å². The highest BCUT2D eigenvalue weighted by atomic mass is 32.2. The molecule has 1 aromatic carbocycles.